The molecule has 20 heavy (non-hydrogen) atoms. The lowest BCUT2D eigenvalue weighted by molar-refractivity contribution is -0.0613. The molecule has 3 nitrogen and oxygen atoms in total. The molecule has 0 aliphatic heterocycles. The van der Waals surface area contributed by atoms with Crippen molar-refractivity contribution in [3.05, 3.63) is 34.9 Å². The first-order valence-corrected chi connectivity index (χ1v) is 7.77. The number of hydrogen-bond acceptors (Lipinski definition) is 3. The van der Waals surface area contributed by atoms with Crippen LogP contribution >= 0.6 is 0 Å². The molecule has 112 valence electrons. The van der Waals surface area contributed by atoms with Crippen molar-refractivity contribution in [2.24, 2.45) is 5.84 Å². The van der Waals surface area contributed by atoms with Crippen LogP contribution < -0.4 is 11.3 Å². The topological polar surface area (TPSA) is 47.3 Å². The lowest BCUT2D eigenvalue weighted by atomic mass is 9.86. The Morgan fingerprint density at radius 2 is 2.00 bits per heavy atom. The maximum absolute atomic E-state index is 6.14. The van der Waals surface area contributed by atoms with Crippen molar-refractivity contribution in [1.82, 2.24) is 5.43 Å². The Morgan fingerprint density at radius 1 is 1.30 bits per heavy atom. The molecule has 3 heteroatoms. The standard InChI is InChI=1S/C17H28N2O/c1-4-20-17(9-5-6-10-17)16(19-18)12-15-11-13(2)7-8-14(15)3/h7-8,11,16,19H,4-6,9-10,12,18H2,1-3H3. The first kappa shape index (κ1) is 15.5. The smallest absolute Gasteiger partial charge is 0.0851 e. The molecule has 0 bridgehead atoms. The predicted molar refractivity (Wildman–Crippen MR) is 83.6 cm³/mol. The largest absolute Gasteiger partial charge is 0.374 e. The van der Waals surface area contributed by atoms with Crippen molar-refractivity contribution in [1.29, 1.82) is 0 Å². The van der Waals surface area contributed by atoms with E-state index in [1.165, 1.54) is 29.5 Å². The summed E-state index contributed by atoms with van der Waals surface area (Å²) in [6.45, 7) is 7.14. The molecule has 0 amide bonds. The summed E-state index contributed by atoms with van der Waals surface area (Å²) in [6, 6.07) is 6.82. The Balaban J connectivity index is 2.21. The van der Waals surface area contributed by atoms with Gasteiger partial charge in [0.05, 0.1) is 11.6 Å². The van der Waals surface area contributed by atoms with Crippen molar-refractivity contribution in [3.8, 4) is 0 Å². The molecule has 1 saturated carbocycles. The number of benzene rings is 1. The third-order valence-electron chi connectivity index (χ3n) is 4.65. The van der Waals surface area contributed by atoms with Gasteiger partial charge >= 0.3 is 0 Å². The molecule has 0 radical (unpaired) electrons. The average molecular weight is 276 g/mol. The summed E-state index contributed by atoms with van der Waals surface area (Å²) < 4.78 is 6.14. The fraction of sp³-hybridized carbons (Fsp3) is 0.647. The number of hydrogen-bond donors (Lipinski definition) is 2. The number of nitrogens with one attached hydrogen (secondary N) is 1. The summed E-state index contributed by atoms with van der Waals surface area (Å²) >= 11 is 0. The zero-order chi connectivity index (χ0) is 14.6. The number of ether oxygens (including phenoxy) is 1. The molecule has 1 fully saturated rings. The van der Waals surface area contributed by atoms with Gasteiger partial charge in [0, 0.05) is 6.61 Å². The number of hydrazine groups is 1. The van der Waals surface area contributed by atoms with E-state index in [1.807, 2.05) is 0 Å². The van der Waals surface area contributed by atoms with Gasteiger partial charge in [-0.15, -0.1) is 0 Å². The van der Waals surface area contributed by atoms with Crippen molar-refractivity contribution < 1.29 is 4.74 Å². The monoisotopic (exact) mass is 276 g/mol. The van der Waals surface area contributed by atoms with E-state index in [2.05, 4.69) is 44.4 Å². The van der Waals surface area contributed by atoms with Gasteiger partial charge in [0.1, 0.15) is 0 Å². The summed E-state index contributed by atoms with van der Waals surface area (Å²) in [6.07, 6.45) is 5.64. The molecule has 1 aliphatic rings. The zero-order valence-electron chi connectivity index (χ0n) is 13.0. The Morgan fingerprint density at radius 3 is 2.60 bits per heavy atom. The van der Waals surface area contributed by atoms with E-state index < -0.39 is 0 Å². The van der Waals surface area contributed by atoms with Crippen LogP contribution in [0.1, 0.15) is 49.3 Å². The first-order chi connectivity index (χ1) is 9.61. The molecule has 3 N–H and O–H groups in total. The molecule has 1 atom stereocenters. The minimum absolute atomic E-state index is 0.0836. The number of aryl methyl sites for hydroxylation is 2. The lowest BCUT2D eigenvalue weighted by Gasteiger charge is -2.37. The van der Waals surface area contributed by atoms with Gasteiger partial charge < -0.3 is 4.74 Å². The van der Waals surface area contributed by atoms with E-state index in [-0.39, 0.29) is 11.6 Å². The summed E-state index contributed by atoms with van der Waals surface area (Å²) in [7, 11) is 0. The SMILES string of the molecule is CCOC1(C(Cc2cc(C)ccc2C)NN)CCCC1. The third kappa shape index (κ3) is 3.22. The molecule has 0 spiro atoms. The molecule has 0 saturated heterocycles. The summed E-state index contributed by atoms with van der Waals surface area (Å²) in [5.41, 5.74) is 6.97. The zero-order valence-corrected chi connectivity index (χ0v) is 13.0. The van der Waals surface area contributed by atoms with Crippen molar-refractivity contribution >= 4 is 0 Å². The molecule has 1 unspecified atom stereocenters. The summed E-state index contributed by atoms with van der Waals surface area (Å²) in [5, 5.41) is 0. The predicted octanol–water partition coefficient (Wildman–Crippen LogP) is 3.03. The fourth-order valence-corrected chi connectivity index (χ4v) is 3.49. The van der Waals surface area contributed by atoms with Gasteiger partial charge in [-0.05, 0) is 51.2 Å². The van der Waals surface area contributed by atoms with Gasteiger partial charge in [0.25, 0.3) is 0 Å². The Hall–Kier alpha value is -0.900. The first-order valence-electron chi connectivity index (χ1n) is 7.77. The molecule has 1 aromatic carbocycles. The van der Waals surface area contributed by atoms with Gasteiger partial charge in [-0.2, -0.15) is 0 Å². The van der Waals surface area contributed by atoms with Gasteiger partial charge in [-0.25, -0.2) is 0 Å². The van der Waals surface area contributed by atoms with Crippen LogP contribution in [0.4, 0.5) is 0 Å². The second-order valence-electron chi connectivity index (χ2n) is 6.06. The molecule has 0 aromatic heterocycles. The van der Waals surface area contributed by atoms with Gasteiger partial charge in [0.15, 0.2) is 0 Å². The van der Waals surface area contributed by atoms with Crippen molar-refractivity contribution in [2.45, 2.75) is 64.5 Å². The van der Waals surface area contributed by atoms with E-state index >= 15 is 0 Å². The molecule has 2 rings (SSSR count). The van der Waals surface area contributed by atoms with E-state index in [1.54, 1.807) is 0 Å². The molecule has 1 aliphatic carbocycles. The van der Waals surface area contributed by atoms with Crippen LogP contribution in [-0.2, 0) is 11.2 Å². The van der Waals surface area contributed by atoms with E-state index in [0.29, 0.717) is 0 Å². The number of nitrogens with two attached hydrogens (primary N) is 1. The highest BCUT2D eigenvalue weighted by Gasteiger charge is 2.41. The normalized spacial score (nSPS) is 19.2. The van der Waals surface area contributed by atoms with Crippen LogP contribution in [0.5, 0.6) is 0 Å². The summed E-state index contributed by atoms with van der Waals surface area (Å²) in [4.78, 5) is 0. The molecular weight excluding hydrogens is 248 g/mol. The average Bonchev–Trinajstić information content (AvgIpc) is 2.89. The van der Waals surface area contributed by atoms with Crippen LogP contribution in [0.15, 0.2) is 18.2 Å². The van der Waals surface area contributed by atoms with Gasteiger partial charge in [-0.1, -0.05) is 36.6 Å². The van der Waals surface area contributed by atoms with Crippen LogP contribution in [-0.4, -0.2) is 18.2 Å². The minimum atomic E-state index is -0.0836. The quantitative estimate of drug-likeness (QED) is 0.620. The van der Waals surface area contributed by atoms with Gasteiger partial charge in [0.2, 0.25) is 0 Å². The van der Waals surface area contributed by atoms with Crippen LogP contribution in [0.3, 0.4) is 0 Å². The van der Waals surface area contributed by atoms with Crippen LogP contribution in [0, 0.1) is 13.8 Å². The Kier molecular flexibility index (Phi) is 5.19. The highest BCUT2D eigenvalue weighted by atomic mass is 16.5. The molecule has 1 aromatic rings. The van der Waals surface area contributed by atoms with Gasteiger partial charge in [-0.3, -0.25) is 11.3 Å². The second kappa shape index (κ2) is 6.70. The van der Waals surface area contributed by atoms with Crippen LogP contribution in [0.25, 0.3) is 0 Å². The Bertz CT molecular complexity index is 439. The van der Waals surface area contributed by atoms with Crippen molar-refractivity contribution in [3.63, 3.8) is 0 Å². The molecular formula is C17H28N2O. The van der Waals surface area contributed by atoms with E-state index in [0.717, 1.165) is 25.9 Å². The summed E-state index contributed by atoms with van der Waals surface area (Å²) in [5.74, 6) is 5.87. The molecule has 0 heterocycles. The number of rotatable bonds is 6. The maximum atomic E-state index is 6.14. The van der Waals surface area contributed by atoms with Crippen LogP contribution in [0.2, 0.25) is 0 Å². The maximum Gasteiger partial charge on any atom is 0.0851 e. The highest BCUT2D eigenvalue weighted by Crippen LogP contribution is 2.37. The highest BCUT2D eigenvalue weighted by molar-refractivity contribution is 5.31. The minimum Gasteiger partial charge on any atom is -0.374 e. The lowest BCUT2D eigenvalue weighted by Crippen LogP contribution is -2.54. The second-order valence-corrected chi connectivity index (χ2v) is 6.06. The van der Waals surface area contributed by atoms with E-state index in [4.69, 9.17) is 10.6 Å². The van der Waals surface area contributed by atoms with E-state index in [9.17, 15) is 0 Å². The Labute approximate surface area is 122 Å². The fourth-order valence-electron chi connectivity index (χ4n) is 3.49. The third-order valence-corrected chi connectivity index (χ3v) is 4.65. The van der Waals surface area contributed by atoms with Crippen molar-refractivity contribution in [2.75, 3.05) is 6.61 Å².